The van der Waals surface area contributed by atoms with Crippen LogP contribution in [0.2, 0.25) is 0 Å². The average Bonchev–Trinajstić information content (AvgIpc) is 3.42. The van der Waals surface area contributed by atoms with Gasteiger partial charge in [0.05, 0.1) is 0 Å². The molecule has 0 heteroatoms. The van der Waals surface area contributed by atoms with Crippen molar-refractivity contribution in [2.45, 2.75) is 200 Å². The smallest absolute Gasteiger partial charge is 0.00636 e. The fourth-order valence-corrected chi connectivity index (χ4v) is 7.83. The zero-order valence-corrected chi connectivity index (χ0v) is 30.3. The topological polar surface area (TPSA) is 0 Å². The van der Waals surface area contributed by atoms with Crippen molar-refractivity contribution in [3.8, 4) is 0 Å². The summed E-state index contributed by atoms with van der Waals surface area (Å²) in [7, 11) is 0. The van der Waals surface area contributed by atoms with E-state index in [0.717, 1.165) is 0 Å². The van der Waals surface area contributed by atoms with Crippen LogP contribution < -0.4 is 0 Å². The van der Waals surface area contributed by atoms with E-state index < -0.39 is 0 Å². The molecule has 2 aromatic carbocycles. The molecule has 2 aromatic rings. The van der Waals surface area contributed by atoms with Gasteiger partial charge >= 0.3 is 0 Å². The normalized spacial score (nSPS) is 14.3. The number of hydrogen-bond acceptors (Lipinski definition) is 0. The lowest BCUT2D eigenvalue weighted by atomic mass is 9.84. The van der Waals surface area contributed by atoms with Crippen LogP contribution in [0.1, 0.15) is 210 Å². The predicted molar refractivity (Wildman–Crippen MR) is 205 cm³/mol. The van der Waals surface area contributed by atoms with E-state index in [-0.39, 0.29) is 0 Å². The minimum atomic E-state index is 0.635. The first kappa shape index (κ1) is 37.6. The van der Waals surface area contributed by atoms with Crippen molar-refractivity contribution < 1.29 is 0 Å². The highest BCUT2D eigenvalue weighted by atomic mass is 14.3. The fraction of sp³-hybridized carbons (Fsp3) is 0.689. The van der Waals surface area contributed by atoms with Crippen LogP contribution in [0.15, 0.2) is 48.1 Å². The number of allylic oxidation sites excluding steroid dienone is 2. The van der Waals surface area contributed by atoms with Gasteiger partial charge in [0.15, 0.2) is 0 Å². The lowest BCUT2D eigenvalue weighted by Crippen LogP contribution is -2.02. The van der Waals surface area contributed by atoms with Crippen LogP contribution in [0.3, 0.4) is 0 Å². The highest BCUT2D eigenvalue weighted by molar-refractivity contribution is 5.93. The number of aryl methyl sites for hydroxylation is 1. The molecule has 0 radical (unpaired) electrons. The molecule has 0 nitrogen and oxygen atoms in total. The Kier molecular flexibility index (Phi) is 19.6. The fourth-order valence-electron chi connectivity index (χ4n) is 7.83. The van der Waals surface area contributed by atoms with Gasteiger partial charge < -0.3 is 0 Å². The van der Waals surface area contributed by atoms with Crippen molar-refractivity contribution in [2.75, 3.05) is 0 Å². The second kappa shape index (κ2) is 23.5. The van der Waals surface area contributed by atoms with E-state index in [1.807, 2.05) is 0 Å². The maximum atomic E-state index is 4.43. The first-order valence-electron chi connectivity index (χ1n) is 20.0. The van der Waals surface area contributed by atoms with E-state index in [9.17, 15) is 0 Å². The molecule has 0 aliphatic heterocycles. The molecule has 1 aliphatic rings. The molecule has 1 unspecified atom stereocenters. The first-order valence-corrected chi connectivity index (χ1v) is 20.0. The molecule has 0 spiro atoms. The Bertz CT molecular complexity index is 1100. The van der Waals surface area contributed by atoms with Gasteiger partial charge in [0.1, 0.15) is 0 Å². The Morgan fingerprint density at radius 3 is 1.64 bits per heavy atom. The van der Waals surface area contributed by atoms with Gasteiger partial charge in [-0.05, 0) is 79.3 Å². The Morgan fingerprint density at radius 1 is 0.600 bits per heavy atom. The summed E-state index contributed by atoms with van der Waals surface area (Å²) in [5.41, 5.74) is 7.85. The van der Waals surface area contributed by atoms with Gasteiger partial charge in [-0.25, -0.2) is 0 Å². The molecule has 3 rings (SSSR count). The van der Waals surface area contributed by atoms with Gasteiger partial charge in [-0.1, -0.05) is 196 Å². The lowest BCUT2D eigenvalue weighted by Gasteiger charge is -2.20. The van der Waals surface area contributed by atoms with Gasteiger partial charge in [0.2, 0.25) is 0 Å². The molecule has 0 aromatic heterocycles. The summed E-state index contributed by atoms with van der Waals surface area (Å²) in [5, 5.41) is 2.91. The van der Waals surface area contributed by atoms with Gasteiger partial charge in [-0.3, -0.25) is 0 Å². The summed E-state index contributed by atoms with van der Waals surface area (Å²) in [6.45, 7) is 11.4. The van der Waals surface area contributed by atoms with Crippen molar-refractivity contribution in [3.63, 3.8) is 0 Å². The number of hydrogen-bond donors (Lipinski definition) is 0. The van der Waals surface area contributed by atoms with Gasteiger partial charge in [-0.15, -0.1) is 0 Å². The van der Waals surface area contributed by atoms with Crippen LogP contribution in [-0.4, -0.2) is 0 Å². The third-order valence-corrected chi connectivity index (χ3v) is 10.7. The highest BCUT2D eigenvalue weighted by Gasteiger charge is 2.27. The van der Waals surface area contributed by atoms with E-state index in [1.54, 1.807) is 11.1 Å². The molecule has 0 saturated heterocycles. The van der Waals surface area contributed by atoms with Gasteiger partial charge in [0, 0.05) is 5.92 Å². The minimum absolute atomic E-state index is 0.635. The van der Waals surface area contributed by atoms with Crippen LogP contribution in [0.25, 0.3) is 16.8 Å². The van der Waals surface area contributed by atoms with E-state index in [4.69, 9.17) is 0 Å². The molecule has 1 atom stereocenters. The maximum Gasteiger partial charge on any atom is 0.00636 e. The highest BCUT2D eigenvalue weighted by Crippen LogP contribution is 2.46. The molecule has 0 bridgehead atoms. The Hall–Kier alpha value is -1.82. The van der Waals surface area contributed by atoms with E-state index >= 15 is 0 Å². The van der Waals surface area contributed by atoms with E-state index in [1.165, 1.54) is 201 Å². The summed E-state index contributed by atoms with van der Waals surface area (Å²) in [6, 6.07) is 11.5. The van der Waals surface area contributed by atoms with Crippen LogP contribution in [-0.2, 0) is 0 Å². The number of benzene rings is 2. The number of fused-ring (bicyclic) bond motifs is 3. The van der Waals surface area contributed by atoms with E-state index in [2.05, 4.69) is 63.8 Å². The van der Waals surface area contributed by atoms with Crippen molar-refractivity contribution in [2.24, 2.45) is 0 Å². The van der Waals surface area contributed by atoms with Crippen molar-refractivity contribution in [3.05, 3.63) is 64.7 Å². The summed E-state index contributed by atoms with van der Waals surface area (Å²) < 4.78 is 0. The number of unbranched alkanes of at least 4 members (excludes halogenated alkanes) is 20. The number of rotatable bonds is 28. The Labute approximate surface area is 281 Å². The molecule has 0 N–H and O–H groups in total. The monoisotopic (exact) mass is 613 g/mol. The summed E-state index contributed by atoms with van der Waals surface area (Å²) >= 11 is 0. The molecule has 1 aliphatic carbocycles. The molecule has 0 saturated carbocycles. The summed E-state index contributed by atoms with van der Waals surface area (Å²) in [5.74, 6) is 0.635. The van der Waals surface area contributed by atoms with Crippen molar-refractivity contribution in [1.82, 2.24) is 0 Å². The molecular weight excluding hydrogens is 540 g/mol. The third-order valence-electron chi connectivity index (χ3n) is 10.7. The third kappa shape index (κ3) is 14.2. The standard InChI is InChI=1S/C45H72/c1-5-7-9-10-11-12-13-14-15-16-17-18-19-20-22-25-30-38(3)31-26-23-21-24-27-34-43-41(32-8-6-2)37-44-39(4)36-40-33-28-29-35-42(40)45(43)44/h28-29,33,35-37,43H,3,5-27,30-32,34H2,1-2,4H3. The van der Waals surface area contributed by atoms with Gasteiger partial charge in [-0.2, -0.15) is 0 Å². The Morgan fingerprint density at radius 2 is 1.09 bits per heavy atom. The minimum Gasteiger partial charge on any atom is -0.0999 e. The molecule has 0 amide bonds. The quantitative estimate of drug-likeness (QED) is 0.0662. The molecule has 45 heavy (non-hydrogen) atoms. The second-order valence-corrected chi connectivity index (χ2v) is 14.7. The first-order chi connectivity index (χ1) is 22.2. The van der Waals surface area contributed by atoms with Crippen LogP contribution in [0.4, 0.5) is 0 Å². The second-order valence-electron chi connectivity index (χ2n) is 14.7. The molecule has 252 valence electrons. The SMILES string of the molecule is C=C(CCCCCCCCCCCCCCCCCC)CCCCCCCC1C(CCCC)=Cc2c(C)cc3ccccc3c21. The molecule has 0 heterocycles. The predicted octanol–water partition coefficient (Wildman–Crippen LogP) is 15.8. The van der Waals surface area contributed by atoms with Crippen LogP contribution in [0, 0.1) is 6.92 Å². The largest absolute Gasteiger partial charge is 0.0999 e. The zero-order valence-electron chi connectivity index (χ0n) is 30.3. The maximum absolute atomic E-state index is 4.43. The van der Waals surface area contributed by atoms with Crippen LogP contribution in [0.5, 0.6) is 0 Å². The molecular formula is C45H72. The Balaban J connectivity index is 1.17. The lowest BCUT2D eigenvalue weighted by molar-refractivity contribution is 0.528. The molecule has 0 fully saturated rings. The van der Waals surface area contributed by atoms with Crippen LogP contribution >= 0.6 is 0 Å². The summed E-state index contributed by atoms with van der Waals surface area (Å²) in [6.07, 6.45) is 40.2. The van der Waals surface area contributed by atoms with Crippen molar-refractivity contribution >= 4 is 16.8 Å². The van der Waals surface area contributed by atoms with Gasteiger partial charge in [0.25, 0.3) is 0 Å². The van der Waals surface area contributed by atoms with Crippen molar-refractivity contribution in [1.29, 1.82) is 0 Å². The summed E-state index contributed by atoms with van der Waals surface area (Å²) in [4.78, 5) is 0. The van der Waals surface area contributed by atoms with E-state index in [0.29, 0.717) is 5.92 Å². The average molecular weight is 613 g/mol. The zero-order chi connectivity index (χ0) is 32.0.